The molecule has 4 unspecified atom stereocenters. The van der Waals surface area contributed by atoms with Crippen LogP contribution in [0.25, 0.3) is 0 Å². The van der Waals surface area contributed by atoms with Gasteiger partial charge in [-0.25, -0.2) is 4.39 Å². The van der Waals surface area contributed by atoms with E-state index in [0.717, 1.165) is 30.2 Å². The molecule has 0 aliphatic heterocycles. The Bertz CT molecular complexity index is 611. The molecule has 0 bridgehead atoms. The Morgan fingerprint density at radius 1 is 1.12 bits per heavy atom. The van der Waals surface area contributed by atoms with Gasteiger partial charge in [0.1, 0.15) is 0 Å². The van der Waals surface area contributed by atoms with Gasteiger partial charge in [0.05, 0.1) is 6.61 Å². The highest BCUT2D eigenvalue weighted by molar-refractivity contribution is 5.40. The van der Waals surface area contributed by atoms with Crippen molar-refractivity contribution in [3.63, 3.8) is 0 Å². The average molecular weight is 365 g/mol. The van der Waals surface area contributed by atoms with Gasteiger partial charge in [-0.1, -0.05) is 46.0 Å². The molecule has 3 rings (SSSR count). The fraction of sp³-hybridized carbons (Fsp3) is 0.739. The van der Waals surface area contributed by atoms with Gasteiger partial charge in [0.2, 0.25) is 5.82 Å². The van der Waals surface area contributed by atoms with E-state index in [-0.39, 0.29) is 5.75 Å². The summed E-state index contributed by atoms with van der Waals surface area (Å²) in [6, 6.07) is 1.73. The van der Waals surface area contributed by atoms with E-state index in [1.165, 1.54) is 38.5 Å². The Morgan fingerprint density at radius 2 is 1.88 bits per heavy atom. The Kier molecular flexibility index (Phi) is 6.58. The van der Waals surface area contributed by atoms with E-state index in [9.17, 15) is 8.78 Å². The van der Waals surface area contributed by atoms with Gasteiger partial charge in [-0.15, -0.1) is 0 Å². The molecule has 1 nitrogen and oxygen atoms in total. The Labute approximate surface area is 157 Å². The lowest BCUT2D eigenvalue weighted by atomic mass is 9.65. The van der Waals surface area contributed by atoms with Crippen LogP contribution in [0.5, 0.6) is 5.75 Å². The molecular weight excluding hydrogens is 330 g/mol. The summed E-state index contributed by atoms with van der Waals surface area (Å²) < 4.78 is 34.3. The van der Waals surface area contributed by atoms with E-state index < -0.39 is 11.6 Å². The first-order valence-corrected chi connectivity index (χ1v) is 10.7. The normalized spacial score (nSPS) is 27.0. The summed E-state index contributed by atoms with van der Waals surface area (Å²) in [5.41, 5.74) is 1.56. The SMILES string of the molecule is CCCC1CCCCC1C(C)C1CCc2cc(OCC)c(F)c(F)c2C1. The van der Waals surface area contributed by atoms with E-state index in [2.05, 4.69) is 13.8 Å². The minimum atomic E-state index is -0.805. The summed E-state index contributed by atoms with van der Waals surface area (Å²) in [7, 11) is 0. The molecule has 0 aromatic heterocycles. The maximum Gasteiger partial charge on any atom is 0.200 e. The molecule has 0 heterocycles. The third-order valence-electron chi connectivity index (χ3n) is 6.96. The largest absolute Gasteiger partial charge is 0.491 e. The zero-order chi connectivity index (χ0) is 18.7. The first-order valence-electron chi connectivity index (χ1n) is 10.7. The molecule has 146 valence electrons. The summed E-state index contributed by atoms with van der Waals surface area (Å²) in [6.45, 7) is 6.80. The van der Waals surface area contributed by atoms with Crippen molar-refractivity contribution in [3.8, 4) is 5.75 Å². The minimum Gasteiger partial charge on any atom is -0.491 e. The molecule has 0 radical (unpaired) electrons. The third kappa shape index (κ3) is 3.92. The topological polar surface area (TPSA) is 9.23 Å². The molecule has 0 amide bonds. The van der Waals surface area contributed by atoms with Gasteiger partial charge in [-0.05, 0) is 73.5 Å². The summed E-state index contributed by atoms with van der Waals surface area (Å²) in [6.07, 6.45) is 10.5. The average Bonchev–Trinajstić information content (AvgIpc) is 2.66. The molecule has 1 fully saturated rings. The lowest BCUT2D eigenvalue weighted by Crippen LogP contribution is -2.33. The number of aryl methyl sites for hydroxylation is 1. The van der Waals surface area contributed by atoms with E-state index in [0.29, 0.717) is 30.4 Å². The van der Waals surface area contributed by atoms with Crippen molar-refractivity contribution in [2.24, 2.45) is 23.7 Å². The van der Waals surface area contributed by atoms with Crippen molar-refractivity contribution in [1.29, 1.82) is 0 Å². The van der Waals surface area contributed by atoms with Crippen LogP contribution in [0.3, 0.4) is 0 Å². The molecule has 2 aliphatic rings. The minimum absolute atomic E-state index is 0.0746. The number of halogens is 2. The van der Waals surface area contributed by atoms with E-state index in [4.69, 9.17) is 4.74 Å². The smallest absolute Gasteiger partial charge is 0.200 e. The van der Waals surface area contributed by atoms with Crippen LogP contribution in [0.1, 0.15) is 76.8 Å². The second-order valence-electron chi connectivity index (χ2n) is 8.43. The van der Waals surface area contributed by atoms with Crippen LogP contribution >= 0.6 is 0 Å². The van der Waals surface area contributed by atoms with Crippen LogP contribution in [-0.2, 0) is 12.8 Å². The molecule has 26 heavy (non-hydrogen) atoms. The molecule has 1 aromatic rings. The van der Waals surface area contributed by atoms with Crippen molar-refractivity contribution < 1.29 is 13.5 Å². The maximum absolute atomic E-state index is 14.7. The molecule has 3 heteroatoms. The fourth-order valence-electron chi connectivity index (χ4n) is 5.56. The number of fused-ring (bicyclic) bond motifs is 1. The lowest BCUT2D eigenvalue weighted by molar-refractivity contribution is 0.111. The highest BCUT2D eigenvalue weighted by Crippen LogP contribution is 2.44. The highest BCUT2D eigenvalue weighted by Gasteiger charge is 2.36. The molecule has 1 saturated carbocycles. The monoisotopic (exact) mass is 364 g/mol. The highest BCUT2D eigenvalue weighted by atomic mass is 19.2. The van der Waals surface area contributed by atoms with Gasteiger partial charge < -0.3 is 4.74 Å². The van der Waals surface area contributed by atoms with Gasteiger partial charge in [0.15, 0.2) is 11.6 Å². The van der Waals surface area contributed by atoms with Crippen molar-refractivity contribution in [2.45, 2.75) is 78.6 Å². The zero-order valence-corrected chi connectivity index (χ0v) is 16.6. The third-order valence-corrected chi connectivity index (χ3v) is 6.96. The standard InChI is InChI=1S/C23H34F2O/c1-4-8-16-9-6-7-10-19(16)15(3)17-11-12-18-14-21(26-5-2)23(25)22(24)20(18)13-17/h14-17,19H,4-13H2,1-3H3. The fourth-order valence-corrected chi connectivity index (χ4v) is 5.56. The van der Waals surface area contributed by atoms with E-state index in [1.54, 1.807) is 13.0 Å². The second kappa shape index (κ2) is 8.71. The van der Waals surface area contributed by atoms with Crippen LogP contribution in [0.2, 0.25) is 0 Å². The molecule has 2 aliphatic carbocycles. The molecular formula is C23H34F2O. The quantitative estimate of drug-likeness (QED) is 0.545. The van der Waals surface area contributed by atoms with Crippen molar-refractivity contribution >= 4 is 0 Å². The first kappa shape index (κ1) is 19.6. The number of rotatable bonds is 6. The van der Waals surface area contributed by atoms with Crippen LogP contribution < -0.4 is 4.74 Å². The van der Waals surface area contributed by atoms with Crippen LogP contribution in [0.4, 0.5) is 8.78 Å². The molecule has 0 spiro atoms. The van der Waals surface area contributed by atoms with Gasteiger partial charge in [0, 0.05) is 0 Å². The van der Waals surface area contributed by atoms with E-state index in [1.807, 2.05) is 0 Å². The van der Waals surface area contributed by atoms with Crippen LogP contribution in [-0.4, -0.2) is 6.61 Å². The number of hydrogen-bond acceptors (Lipinski definition) is 1. The lowest BCUT2D eigenvalue weighted by Gasteiger charge is -2.41. The summed E-state index contributed by atoms with van der Waals surface area (Å²) in [4.78, 5) is 0. The predicted molar refractivity (Wildman–Crippen MR) is 103 cm³/mol. The van der Waals surface area contributed by atoms with Crippen molar-refractivity contribution in [2.75, 3.05) is 6.61 Å². The maximum atomic E-state index is 14.7. The zero-order valence-electron chi connectivity index (χ0n) is 16.6. The second-order valence-corrected chi connectivity index (χ2v) is 8.43. The van der Waals surface area contributed by atoms with Crippen molar-refractivity contribution in [3.05, 3.63) is 28.8 Å². The van der Waals surface area contributed by atoms with Gasteiger partial charge >= 0.3 is 0 Å². The molecule has 0 saturated heterocycles. The Hall–Kier alpha value is -1.12. The molecule has 1 aromatic carbocycles. The van der Waals surface area contributed by atoms with Gasteiger partial charge in [-0.3, -0.25) is 0 Å². The van der Waals surface area contributed by atoms with Crippen LogP contribution in [0, 0.1) is 35.3 Å². The number of benzene rings is 1. The molecule has 0 N–H and O–H groups in total. The predicted octanol–water partition coefficient (Wildman–Crippen LogP) is 6.71. The first-order chi connectivity index (χ1) is 12.6. The van der Waals surface area contributed by atoms with Gasteiger partial charge in [0.25, 0.3) is 0 Å². The van der Waals surface area contributed by atoms with E-state index >= 15 is 0 Å². The number of hydrogen-bond donors (Lipinski definition) is 0. The Morgan fingerprint density at radius 3 is 2.62 bits per heavy atom. The summed E-state index contributed by atoms with van der Waals surface area (Å²) in [5, 5.41) is 0. The summed E-state index contributed by atoms with van der Waals surface area (Å²) >= 11 is 0. The van der Waals surface area contributed by atoms with Crippen molar-refractivity contribution in [1.82, 2.24) is 0 Å². The van der Waals surface area contributed by atoms with Gasteiger partial charge in [-0.2, -0.15) is 4.39 Å². The summed E-state index contributed by atoms with van der Waals surface area (Å²) in [5.74, 6) is 1.24. The van der Waals surface area contributed by atoms with Crippen LogP contribution in [0.15, 0.2) is 6.07 Å². The Balaban J connectivity index is 1.78. The molecule has 4 atom stereocenters. The number of ether oxygens (including phenoxy) is 1.